The molecule has 3 rings (SSSR count). The van der Waals surface area contributed by atoms with Crippen LogP contribution in [-0.2, 0) is 6.18 Å². The molecule has 2 aromatic rings. The average Bonchev–Trinajstić information content (AvgIpc) is 3.16. The largest absolute Gasteiger partial charge is 0.478 e. The highest BCUT2D eigenvalue weighted by molar-refractivity contribution is 5.90. The molecule has 0 amide bonds. The smallest absolute Gasteiger partial charge is 0.417 e. The normalized spacial score (nSPS) is 16.0. The maximum Gasteiger partial charge on any atom is 0.417 e. The number of rotatable bonds is 3. The molecule has 0 unspecified atom stereocenters. The minimum atomic E-state index is -4.55. The van der Waals surface area contributed by atoms with Crippen LogP contribution < -0.4 is 0 Å². The summed E-state index contributed by atoms with van der Waals surface area (Å²) in [6.07, 6.45) is 2.48. The van der Waals surface area contributed by atoms with Crippen molar-refractivity contribution in [2.45, 2.75) is 37.9 Å². The standard InChI is InChI=1S/C16H15F3N2O2/c17-16(18,19)14-6-5-10(15(22)23)7-13(14)11-8-20-21(9-11)12-3-1-2-4-12/h5-9,12H,1-4H2,(H,22,23). The Morgan fingerprint density at radius 2 is 1.96 bits per heavy atom. The van der Waals surface area contributed by atoms with Gasteiger partial charge >= 0.3 is 12.1 Å². The molecule has 1 aromatic carbocycles. The maximum absolute atomic E-state index is 13.2. The molecular weight excluding hydrogens is 309 g/mol. The number of carboxylic acid groups (broad SMARTS) is 1. The lowest BCUT2D eigenvalue weighted by Crippen LogP contribution is -2.09. The second kappa shape index (κ2) is 5.72. The van der Waals surface area contributed by atoms with Gasteiger partial charge in [0.1, 0.15) is 0 Å². The molecule has 0 atom stereocenters. The third-order valence-corrected chi connectivity index (χ3v) is 4.18. The van der Waals surface area contributed by atoms with Crippen molar-refractivity contribution in [1.29, 1.82) is 0 Å². The Labute approximate surface area is 130 Å². The lowest BCUT2D eigenvalue weighted by Gasteiger charge is -2.13. The molecule has 1 saturated carbocycles. The minimum absolute atomic E-state index is 0.151. The van der Waals surface area contributed by atoms with Crippen LogP contribution in [0.2, 0.25) is 0 Å². The van der Waals surface area contributed by atoms with Gasteiger partial charge in [0.25, 0.3) is 0 Å². The van der Waals surface area contributed by atoms with E-state index in [2.05, 4.69) is 5.10 Å². The van der Waals surface area contributed by atoms with E-state index in [0.717, 1.165) is 43.9 Å². The first-order chi connectivity index (χ1) is 10.9. The summed E-state index contributed by atoms with van der Waals surface area (Å²) in [5, 5.41) is 13.2. The molecule has 0 aliphatic heterocycles. The van der Waals surface area contributed by atoms with Crippen LogP contribution in [0.1, 0.15) is 47.6 Å². The molecule has 7 heteroatoms. The van der Waals surface area contributed by atoms with Gasteiger partial charge in [-0.3, -0.25) is 4.68 Å². The molecule has 0 saturated heterocycles. The number of benzene rings is 1. The number of nitrogens with zero attached hydrogens (tertiary/aromatic N) is 2. The second-order valence-corrected chi connectivity index (χ2v) is 5.71. The summed E-state index contributed by atoms with van der Waals surface area (Å²) in [6.45, 7) is 0. The third kappa shape index (κ3) is 3.09. The Kier molecular flexibility index (Phi) is 3.87. The molecular formula is C16H15F3N2O2. The molecule has 1 N–H and O–H groups in total. The summed E-state index contributed by atoms with van der Waals surface area (Å²) in [6, 6.07) is 3.05. The zero-order valence-corrected chi connectivity index (χ0v) is 12.2. The molecule has 23 heavy (non-hydrogen) atoms. The molecule has 0 bridgehead atoms. The van der Waals surface area contributed by atoms with E-state index in [4.69, 9.17) is 5.11 Å². The van der Waals surface area contributed by atoms with Crippen LogP contribution in [0.25, 0.3) is 11.1 Å². The monoisotopic (exact) mass is 324 g/mol. The van der Waals surface area contributed by atoms with Gasteiger partial charge < -0.3 is 5.11 Å². The van der Waals surface area contributed by atoms with Crippen LogP contribution in [0.5, 0.6) is 0 Å². The van der Waals surface area contributed by atoms with E-state index in [-0.39, 0.29) is 22.7 Å². The zero-order chi connectivity index (χ0) is 16.6. The van der Waals surface area contributed by atoms with Crippen molar-refractivity contribution in [2.75, 3.05) is 0 Å². The first-order valence-electron chi connectivity index (χ1n) is 7.35. The number of halogens is 3. The van der Waals surface area contributed by atoms with Gasteiger partial charge in [-0.25, -0.2) is 4.79 Å². The number of aromatic nitrogens is 2. The fourth-order valence-corrected chi connectivity index (χ4v) is 3.01. The fourth-order valence-electron chi connectivity index (χ4n) is 3.01. The summed E-state index contributed by atoms with van der Waals surface area (Å²) in [7, 11) is 0. The molecule has 0 spiro atoms. The fraction of sp³-hybridized carbons (Fsp3) is 0.375. The molecule has 1 aliphatic rings. The van der Waals surface area contributed by atoms with Crippen LogP contribution in [0.15, 0.2) is 30.6 Å². The van der Waals surface area contributed by atoms with E-state index in [1.807, 2.05) is 0 Å². The summed E-state index contributed by atoms with van der Waals surface area (Å²) >= 11 is 0. The third-order valence-electron chi connectivity index (χ3n) is 4.18. The van der Waals surface area contributed by atoms with Crippen molar-refractivity contribution >= 4 is 5.97 Å². The Morgan fingerprint density at radius 1 is 1.26 bits per heavy atom. The molecule has 1 heterocycles. The highest BCUT2D eigenvalue weighted by Gasteiger charge is 2.34. The predicted molar refractivity (Wildman–Crippen MR) is 77.1 cm³/mol. The topological polar surface area (TPSA) is 55.1 Å². The zero-order valence-electron chi connectivity index (χ0n) is 12.2. The van der Waals surface area contributed by atoms with Crippen molar-refractivity contribution in [2.24, 2.45) is 0 Å². The summed E-state index contributed by atoms with van der Waals surface area (Å²) in [5.74, 6) is -1.26. The van der Waals surface area contributed by atoms with E-state index < -0.39 is 17.7 Å². The molecule has 1 fully saturated rings. The lowest BCUT2D eigenvalue weighted by atomic mass is 9.99. The number of carboxylic acids is 1. The molecule has 1 aromatic heterocycles. The quantitative estimate of drug-likeness (QED) is 0.911. The van der Waals surface area contributed by atoms with Crippen molar-refractivity contribution in [1.82, 2.24) is 9.78 Å². The van der Waals surface area contributed by atoms with Gasteiger partial charge in [-0.1, -0.05) is 12.8 Å². The van der Waals surface area contributed by atoms with Crippen LogP contribution in [0, 0.1) is 0 Å². The van der Waals surface area contributed by atoms with Crippen LogP contribution in [0.3, 0.4) is 0 Å². The number of carbonyl (C=O) groups is 1. The molecule has 0 radical (unpaired) electrons. The van der Waals surface area contributed by atoms with Crippen molar-refractivity contribution in [3.63, 3.8) is 0 Å². The minimum Gasteiger partial charge on any atom is -0.478 e. The second-order valence-electron chi connectivity index (χ2n) is 5.71. The van der Waals surface area contributed by atoms with Gasteiger partial charge in [-0.05, 0) is 36.6 Å². The lowest BCUT2D eigenvalue weighted by molar-refractivity contribution is -0.137. The average molecular weight is 324 g/mol. The Bertz CT molecular complexity index is 731. The summed E-state index contributed by atoms with van der Waals surface area (Å²) in [5.41, 5.74) is -0.899. The Balaban J connectivity index is 2.06. The van der Waals surface area contributed by atoms with Gasteiger partial charge in [0.05, 0.1) is 23.4 Å². The van der Waals surface area contributed by atoms with E-state index in [9.17, 15) is 18.0 Å². The van der Waals surface area contributed by atoms with Gasteiger partial charge in [-0.15, -0.1) is 0 Å². The maximum atomic E-state index is 13.2. The van der Waals surface area contributed by atoms with Gasteiger partial charge in [-0.2, -0.15) is 18.3 Å². The SMILES string of the molecule is O=C(O)c1ccc(C(F)(F)F)c(-c2cnn(C3CCCC3)c2)c1. The van der Waals surface area contributed by atoms with E-state index in [0.29, 0.717) is 0 Å². The highest BCUT2D eigenvalue weighted by atomic mass is 19.4. The number of aromatic carboxylic acids is 1. The number of hydrogen-bond acceptors (Lipinski definition) is 2. The number of alkyl halides is 3. The van der Waals surface area contributed by atoms with Crippen molar-refractivity contribution in [3.8, 4) is 11.1 Å². The van der Waals surface area contributed by atoms with Crippen molar-refractivity contribution in [3.05, 3.63) is 41.7 Å². The van der Waals surface area contributed by atoms with E-state index >= 15 is 0 Å². The first kappa shape index (κ1) is 15.6. The van der Waals surface area contributed by atoms with E-state index in [1.54, 1.807) is 10.9 Å². The summed E-state index contributed by atoms with van der Waals surface area (Å²) in [4.78, 5) is 11.1. The van der Waals surface area contributed by atoms with Crippen molar-refractivity contribution < 1.29 is 23.1 Å². The van der Waals surface area contributed by atoms with E-state index in [1.165, 1.54) is 6.20 Å². The Morgan fingerprint density at radius 3 is 2.57 bits per heavy atom. The highest BCUT2D eigenvalue weighted by Crippen LogP contribution is 2.38. The van der Waals surface area contributed by atoms with Gasteiger partial charge in [0, 0.05) is 11.8 Å². The van der Waals surface area contributed by atoms with Crippen LogP contribution >= 0.6 is 0 Å². The first-order valence-corrected chi connectivity index (χ1v) is 7.35. The van der Waals surface area contributed by atoms with Crippen LogP contribution in [0.4, 0.5) is 13.2 Å². The van der Waals surface area contributed by atoms with Gasteiger partial charge in [0.2, 0.25) is 0 Å². The molecule has 122 valence electrons. The molecule has 1 aliphatic carbocycles. The molecule has 4 nitrogen and oxygen atoms in total. The Hall–Kier alpha value is -2.31. The summed E-state index contributed by atoms with van der Waals surface area (Å²) < 4.78 is 41.3. The predicted octanol–water partition coefficient (Wildman–Crippen LogP) is 4.38. The number of hydrogen-bond donors (Lipinski definition) is 1. The van der Waals surface area contributed by atoms with Gasteiger partial charge in [0.15, 0.2) is 0 Å². The van der Waals surface area contributed by atoms with Crippen LogP contribution in [-0.4, -0.2) is 20.9 Å².